The van der Waals surface area contributed by atoms with Gasteiger partial charge in [0.15, 0.2) is 0 Å². The molecule has 0 unspecified atom stereocenters. The molecule has 1 nitrogen and oxygen atoms in total. The molecule has 0 aliphatic heterocycles. The van der Waals surface area contributed by atoms with Crippen LogP contribution in [0.4, 0.5) is 0 Å². The first-order valence-electron chi connectivity index (χ1n) is 3.17. The van der Waals surface area contributed by atoms with Crippen molar-refractivity contribution < 1.29 is 20.4 Å². The number of rotatable bonds is 0. The molecule has 2 aromatic rings. The van der Waals surface area contributed by atoms with Crippen LogP contribution in [0.2, 0.25) is 0 Å². The molecule has 1 heterocycles. The molecule has 0 fully saturated rings. The zero-order chi connectivity index (χ0) is 7.78. The first-order valence-corrected chi connectivity index (χ1v) is 4.05. The summed E-state index contributed by atoms with van der Waals surface area (Å²) in [6.07, 6.45) is 1.71. The largest absolute Gasteiger partial charge is 2.00 e. The molecule has 0 radical (unpaired) electrons. The summed E-state index contributed by atoms with van der Waals surface area (Å²) in [6, 6.07) is 12.5. The van der Waals surface area contributed by atoms with Gasteiger partial charge in [-0.2, -0.15) is 36.4 Å². The summed E-state index contributed by atoms with van der Waals surface area (Å²) in [5.74, 6) is 0. The van der Waals surface area contributed by atoms with Crippen molar-refractivity contribution in [2.24, 2.45) is 0 Å². The summed E-state index contributed by atoms with van der Waals surface area (Å²) in [4.78, 5) is 3.62. The molecule has 0 saturated heterocycles. The van der Waals surface area contributed by atoms with Crippen molar-refractivity contribution in [2.45, 2.75) is 0 Å². The number of hydrogen-bond donors (Lipinski definition) is 0. The van der Waals surface area contributed by atoms with Gasteiger partial charge in [0.1, 0.15) is 0 Å². The molecule has 0 saturated carbocycles. The molecule has 0 N–H and O–H groups in total. The van der Waals surface area contributed by atoms with Crippen LogP contribution in [0, 0.1) is 11.6 Å². The predicted molar refractivity (Wildman–Crippen MR) is 46.2 cm³/mol. The topological polar surface area (TPSA) is 12.9 Å². The Hall–Kier alpha value is -0.488. The van der Waals surface area contributed by atoms with Gasteiger partial charge in [0.25, 0.3) is 0 Å². The molecule has 1 aromatic carbocycles. The number of thiazole rings is 1. The second-order valence-corrected chi connectivity index (χ2v) is 2.39. The summed E-state index contributed by atoms with van der Waals surface area (Å²) in [5.41, 5.74) is 2.65. The van der Waals surface area contributed by atoms with Gasteiger partial charge in [-0.15, -0.1) is 11.6 Å². The van der Waals surface area contributed by atoms with Crippen LogP contribution in [0.1, 0.15) is 0 Å². The third-order valence-electron chi connectivity index (χ3n) is 0.916. The Labute approximate surface area is 90.1 Å². The van der Waals surface area contributed by atoms with Gasteiger partial charge in [0.2, 0.25) is 0 Å². The van der Waals surface area contributed by atoms with Crippen LogP contribution in [0.25, 0.3) is 0 Å². The van der Waals surface area contributed by atoms with E-state index in [1.54, 1.807) is 6.20 Å². The second kappa shape index (κ2) is 8.61. The molecular weight excluding hydrogens is 261 g/mol. The van der Waals surface area contributed by atoms with E-state index in [-0.39, 0.29) is 20.4 Å². The Morgan fingerprint density at radius 3 is 2.00 bits per heavy atom. The van der Waals surface area contributed by atoms with Crippen molar-refractivity contribution in [1.29, 1.82) is 0 Å². The van der Waals surface area contributed by atoms with Gasteiger partial charge in [-0.1, -0.05) is 0 Å². The standard InChI is InChI=1S/C6H5.C3H2NS.Pd/c1-2-4-6-5-3-1;1-2-5-3-4-1;/h1-5H;1-2H;/q2*-1;+2. The van der Waals surface area contributed by atoms with Crippen LogP contribution in [0.15, 0.2) is 41.9 Å². The van der Waals surface area contributed by atoms with E-state index in [2.05, 4.69) is 16.6 Å². The molecule has 0 aliphatic rings. The van der Waals surface area contributed by atoms with Gasteiger partial charge >= 0.3 is 20.4 Å². The summed E-state index contributed by atoms with van der Waals surface area (Å²) in [7, 11) is 0. The molecule has 12 heavy (non-hydrogen) atoms. The van der Waals surface area contributed by atoms with Crippen LogP contribution < -0.4 is 0 Å². The minimum atomic E-state index is 0. The molecule has 64 valence electrons. The summed E-state index contributed by atoms with van der Waals surface area (Å²) in [5, 5.41) is 1.88. The fourth-order valence-electron chi connectivity index (χ4n) is 0.494. The summed E-state index contributed by atoms with van der Waals surface area (Å²) in [6.45, 7) is 0. The second-order valence-electron chi connectivity index (χ2n) is 1.70. The van der Waals surface area contributed by atoms with Gasteiger partial charge in [-0.05, 0) is 5.51 Å². The van der Waals surface area contributed by atoms with Crippen LogP contribution >= 0.6 is 11.3 Å². The van der Waals surface area contributed by atoms with Crippen molar-refractivity contribution in [3.05, 3.63) is 53.5 Å². The molecule has 3 heteroatoms. The van der Waals surface area contributed by atoms with Crippen molar-refractivity contribution >= 4 is 11.3 Å². The quantitative estimate of drug-likeness (QED) is 0.528. The SMILES string of the molecule is [Pd+2].[c-]1ccccc1.[c-]1nccs1. The van der Waals surface area contributed by atoms with Crippen LogP contribution in [0.3, 0.4) is 0 Å². The zero-order valence-corrected chi connectivity index (χ0v) is 8.58. The molecule has 2 rings (SSSR count). The number of benzene rings is 1. The fourth-order valence-corrected chi connectivity index (χ4v) is 0.798. The van der Waals surface area contributed by atoms with Gasteiger partial charge < -0.3 is 4.98 Å². The number of hydrogen-bond acceptors (Lipinski definition) is 2. The average molecular weight is 268 g/mol. The fraction of sp³-hybridized carbons (Fsp3) is 0. The molecule has 0 spiro atoms. The third-order valence-corrected chi connectivity index (χ3v) is 1.38. The van der Waals surface area contributed by atoms with Crippen molar-refractivity contribution in [1.82, 2.24) is 4.98 Å². The summed E-state index contributed by atoms with van der Waals surface area (Å²) >= 11 is 1.48. The van der Waals surface area contributed by atoms with Crippen molar-refractivity contribution in [2.75, 3.05) is 0 Å². The monoisotopic (exact) mass is 267 g/mol. The Morgan fingerprint density at radius 1 is 1.08 bits per heavy atom. The molecule has 0 amide bonds. The van der Waals surface area contributed by atoms with Crippen molar-refractivity contribution in [3.8, 4) is 0 Å². The maximum absolute atomic E-state index is 3.62. The predicted octanol–water partition coefficient (Wildman–Crippen LogP) is 2.43. The smallest absolute Gasteiger partial charge is 0.394 e. The Morgan fingerprint density at radius 2 is 1.83 bits per heavy atom. The van der Waals surface area contributed by atoms with Crippen molar-refractivity contribution in [3.63, 3.8) is 0 Å². The molecule has 0 bridgehead atoms. The zero-order valence-electron chi connectivity index (χ0n) is 6.21. The van der Waals surface area contributed by atoms with Gasteiger partial charge in [0, 0.05) is 0 Å². The first-order chi connectivity index (χ1) is 5.50. The minimum absolute atomic E-state index is 0. The molecule has 0 atom stereocenters. The normalized spacial score (nSPS) is 7.33. The van der Waals surface area contributed by atoms with Gasteiger partial charge in [-0.3, -0.25) is 11.3 Å². The molecular formula is C9H7NPdS. The average Bonchev–Trinajstić information content (AvgIpc) is 2.64. The van der Waals surface area contributed by atoms with Gasteiger partial charge in [-0.25, -0.2) is 0 Å². The molecule has 1 aromatic heterocycles. The van der Waals surface area contributed by atoms with Crippen LogP contribution in [0.5, 0.6) is 0 Å². The van der Waals surface area contributed by atoms with E-state index < -0.39 is 0 Å². The first kappa shape index (κ1) is 11.5. The van der Waals surface area contributed by atoms with E-state index in [1.165, 1.54) is 11.3 Å². The maximum Gasteiger partial charge on any atom is 2.00 e. The Balaban J connectivity index is 0.000000189. The molecule has 0 aliphatic carbocycles. The van der Waals surface area contributed by atoms with E-state index in [0.29, 0.717) is 0 Å². The Bertz CT molecular complexity index is 200. The maximum atomic E-state index is 3.62. The number of nitrogens with zero attached hydrogens (tertiary/aromatic N) is 1. The summed E-state index contributed by atoms with van der Waals surface area (Å²) < 4.78 is 0. The van der Waals surface area contributed by atoms with Gasteiger partial charge in [0.05, 0.1) is 0 Å². The van der Waals surface area contributed by atoms with E-state index in [4.69, 9.17) is 0 Å². The van der Waals surface area contributed by atoms with E-state index in [1.807, 2.05) is 35.7 Å². The van der Waals surface area contributed by atoms with E-state index >= 15 is 0 Å². The third kappa shape index (κ3) is 6.24. The van der Waals surface area contributed by atoms with Crippen LogP contribution in [-0.4, -0.2) is 4.98 Å². The van der Waals surface area contributed by atoms with E-state index in [9.17, 15) is 0 Å². The Kier molecular flexibility index (Phi) is 8.26. The number of aromatic nitrogens is 1. The van der Waals surface area contributed by atoms with Crippen LogP contribution in [-0.2, 0) is 20.4 Å². The minimum Gasteiger partial charge on any atom is -0.394 e. The van der Waals surface area contributed by atoms with E-state index in [0.717, 1.165) is 0 Å².